The van der Waals surface area contributed by atoms with Crippen molar-refractivity contribution < 1.29 is 14.3 Å². The fraction of sp³-hybridized carbons (Fsp3) is 0.208. The molecular weight excluding hydrogens is 424 g/mol. The number of imidazole rings is 1. The van der Waals surface area contributed by atoms with E-state index in [1.54, 1.807) is 25.6 Å². The van der Waals surface area contributed by atoms with Gasteiger partial charge in [-0.25, -0.2) is 9.50 Å². The number of rotatable bonds is 5. The SMILES string of the molecule is COc1ccc(-c2nc3sc(C4CC4)nn3c2/C=C2/C(=O)Nc3ccc(OC)cc32)cc1. The number of nitrogens with one attached hydrogen (secondary N) is 1. The number of carbonyl (C=O) groups is 1. The fourth-order valence-electron chi connectivity index (χ4n) is 3.94. The Balaban J connectivity index is 1.55. The van der Waals surface area contributed by atoms with E-state index in [4.69, 9.17) is 19.6 Å². The van der Waals surface area contributed by atoms with Crippen LogP contribution in [-0.4, -0.2) is 34.7 Å². The molecule has 1 aliphatic heterocycles. The third-order valence-corrected chi connectivity index (χ3v) is 6.91. The van der Waals surface area contributed by atoms with Crippen LogP contribution in [0.15, 0.2) is 42.5 Å². The number of nitrogens with zero attached hydrogens (tertiary/aromatic N) is 3. The molecule has 0 spiro atoms. The molecule has 0 atom stereocenters. The predicted octanol–water partition coefficient (Wildman–Crippen LogP) is 4.85. The maximum Gasteiger partial charge on any atom is 0.256 e. The van der Waals surface area contributed by atoms with Crippen molar-refractivity contribution in [2.45, 2.75) is 18.8 Å². The average Bonchev–Trinajstić information content (AvgIpc) is 3.40. The van der Waals surface area contributed by atoms with E-state index in [9.17, 15) is 4.79 Å². The van der Waals surface area contributed by atoms with Crippen molar-refractivity contribution in [3.8, 4) is 22.8 Å². The third-order valence-electron chi connectivity index (χ3n) is 5.83. The van der Waals surface area contributed by atoms with Crippen molar-refractivity contribution in [3.05, 3.63) is 58.7 Å². The molecule has 3 heterocycles. The van der Waals surface area contributed by atoms with Gasteiger partial charge in [-0.15, -0.1) is 0 Å². The van der Waals surface area contributed by atoms with E-state index >= 15 is 0 Å². The van der Waals surface area contributed by atoms with E-state index in [0.717, 1.165) is 43.9 Å². The highest BCUT2D eigenvalue weighted by molar-refractivity contribution is 7.16. The summed E-state index contributed by atoms with van der Waals surface area (Å²) in [4.78, 5) is 18.6. The number of benzene rings is 2. The number of aromatic nitrogens is 3. The Morgan fingerprint density at radius 1 is 1.09 bits per heavy atom. The molecule has 8 heteroatoms. The van der Waals surface area contributed by atoms with E-state index < -0.39 is 0 Å². The van der Waals surface area contributed by atoms with Gasteiger partial charge in [-0.1, -0.05) is 11.3 Å². The van der Waals surface area contributed by atoms with Gasteiger partial charge in [0.25, 0.3) is 5.91 Å². The molecule has 1 N–H and O–H groups in total. The van der Waals surface area contributed by atoms with Gasteiger partial charge >= 0.3 is 0 Å². The first-order valence-electron chi connectivity index (χ1n) is 10.4. The third kappa shape index (κ3) is 3.06. The quantitative estimate of drug-likeness (QED) is 0.446. The van der Waals surface area contributed by atoms with Crippen molar-refractivity contribution in [3.63, 3.8) is 0 Å². The van der Waals surface area contributed by atoms with Gasteiger partial charge < -0.3 is 14.8 Å². The van der Waals surface area contributed by atoms with E-state index in [1.165, 1.54) is 12.8 Å². The molecule has 160 valence electrons. The summed E-state index contributed by atoms with van der Waals surface area (Å²) in [5.74, 6) is 1.86. The van der Waals surface area contributed by atoms with Crippen LogP contribution in [0.5, 0.6) is 11.5 Å². The highest BCUT2D eigenvalue weighted by Gasteiger charge is 2.30. The molecule has 1 amide bonds. The number of amides is 1. The van der Waals surface area contributed by atoms with Crippen LogP contribution < -0.4 is 14.8 Å². The molecule has 2 aromatic heterocycles. The molecule has 1 aliphatic carbocycles. The van der Waals surface area contributed by atoms with Gasteiger partial charge in [-0.3, -0.25) is 4.79 Å². The molecule has 0 bridgehead atoms. The summed E-state index contributed by atoms with van der Waals surface area (Å²) in [6, 6.07) is 13.3. The Labute approximate surface area is 188 Å². The fourth-order valence-corrected chi connectivity index (χ4v) is 5.01. The number of fused-ring (bicyclic) bond motifs is 2. The van der Waals surface area contributed by atoms with Crippen LogP contribution in [0, 0.1) is 0 Å². The molecule has 1 fully saturated rings. The van der Waals surface area contributed by atoms with Gasteiger partial charge in [0.2, 0.25) is 4.96 Å². The van der Waals surface area contributed by atoms with Gasteiger partial charge in [0, 0.05) is 22.7 Å². The summed E-state index contributed by atoms with van der Waals surface area (Å²) in [6.45, 7) is 0. The number of ether oxygens (including phenoxy) is 2. The van der Waals surface area contributed by atoms with Crippen LogP contribution in [-0.2, 0) is 4.79 Å². The summed E-state index contributed by atoms with van der Waals surface area (Å²) in [7, 11) is 3.26. The molecule has 0 unspecified atom stereocenters. The summed E-state index contributed by atoms with van der Waals surface area (Å²) in [5, 5.41) is 8.90. The van der Waals surface area contributed by atoms with Crippen molar-refractivity contribution in [2.24, 2.45) is 0 Å². The summed E-state index contributed by atoms with van der Waals surface area (Å²) < 4.78 is 12.5. The van der Waals surface area contributed by atoms with Crippen molar-refractivity contribution in [2.75, 3.05) is 19.5 Å². The molecule has 1 saturated carbocycles. The zero-order chi connectivity index (χ0) is 21.8. The van der Waals surface area contributed by atoms with Crippen LogP contribution in [0.2, 0.25) is 0 Å². The number of anilines is 1. The second-order valence-corrected chi connectivity index (χ2v) is 8.89. The van der Waals surface area contributed by atoms with Gasteiger partial charge in [-0.2, -0.15) is 5.10 Å². The van der Waals surface area contributed by atoms with Crippen LogP contribution in [0.25, 0.3) is 27.9 Å². The Hall–Kier alpha value is -3.65. The van der Waals surface area contributed by atoms with Crippen LogP contribution >= 0.6 is 11.3 Å². The van der Waals surface area contributed by atoms with Gasteiger partial charge in [0.15, 0.2) is 0 Å². The van der Waals surface area contributed by atoms with Gasteiger partial charge in [0.05, 0.1) is 31.2 Å². The van der Waals surface area contributed by atoms with Crippen molar-refractivity contribution >= 4 is 39.5 Å². The zero-order valence-corrected chi connectivity index (χ0v) is 18.4. The number of carbonyl (C=O) groups excluding carboxylic acids is 1. The van der Waals surface area contributed by atoms with E-state index in [2.05, 4.69) is 5.32 Å². The molecule has 6 rings (SSSR count). The van der Waals surface area contributed by atoms with Crippen molar-refractivity contribution in [1.82, 2.24) is 14.6 Å². The molecule has 2 aromatic carbocycles. The highest BCUT2D eigenvalue weighted by Crippen LogP contribution is 2.43. The highest BCUT2D eigenvalue weighted by atomic mass is 32.1. The predicted molar refractivity (Wildman–Crippen MR) is 124 cm³/mol. The Bertz CT molecular complexity index is 1400. The minimum atomic E-state index is -0.151. The van der Waals surface area contributed by atoms with Crippen LogP contribution in [0.3, 0.4) is 0 Å². The zero-order valence-electron chi connectivity index (χ0n) is 17.6. The minimum Gasteiger partial charge on any atom is -0.497 e. The van der Waals surface area contributed by atoms with Gasteiger partial charge in [0.1, 0.15) is 16.5 Å². The molecule has 7 nitrogen and oxygen atoms in total. The first-order valence-corrected chi connectivity index (χ1v) is 11.2. The number of hydrogen-bond donors (Lipinski definition) is 1. The number of hydrogen-bond acceptors (Lipinski definition) is 6. The standard InChI is InChI=1S/C24H20N4O3S/c1-30-15-7-5-13(6-8-15)21-20(28-24(26-21)32-23(27-28)14-3-4-14)12-18-17-11-16(31-2)9-10-19(17)25-22(18)29/h5-12,14H,3-4H2,1-2H3,(H,25,29)/b18-12+. The monoisotopic (exact) mass is 444 g/mol. The normalized spacial score (nSPS) is 16.4. The lowest BCUT2D eigenvalue weighted by atomic mass is 10.0. The Kier molecular flexibility index (Phi) is 4.29. The maximum atomic E-state index is 12.9. The Morgan fingerprint density at radius 3 is 2.56 bits per heavy atom. The van der Waals surface area contributed by atoms with Crippen LogP contribution in [0.4, 0.5) is 5.69 Å². The summed E-state index contributed by atoms with van der Waals surface area (Å²) in [6.07, 6.45) is 4.23. The van der Waals surface area contributed by atoms with Crippen LogP contribution in [0.1, 0.15) is 35.0 Å². The molecule has 2 aliphatic rings. The first-order chi connectivity index (χ1) is 15.6. The van der Waals surface area contributed by atoms with Crippen molar-refractivity contribution in [1.29, 1.82) is 0 Å². The van der Waals surface area contributed by atoms with E-state index in [-0.39, 0.29) is 5.91 Å². The second kappa shape index (κ2) is 7.20. The van der Waals surface area contributed by atoms with Gasteiger partial charge in [-0.05, 0) is 61.4 Å². The lowest BCUT2D eigenvalue weighted by molar-refractivity contribution is -0.110. The second-order valence-electron chi connectivity index (χ2n) is 7.91. The van der Waals surface area contributed by atoms with E-state index in [0.29, 0.717) is 17.2 Å². The topological polar surface area (TPSA) is 77.8 Å². The summed E-state index contributed by atoms with van der Waals surface area (Å²) >= 11 is 1.62. The maximum absolute atomic E-state index is 12.9. The first kappa shape index (κ1) is 19.1. The summed E-state index contributed by atoms with van der Waals surface area (Å²) in [5.41, 5.74) is 4.65. The molecule has 0 radical (unpaired) electrons. The molecule has 32 heavy (non-hydrogen) atoms. The van der Waals surface area contributed by atoms with E-state index in [1.807, 2.05) is 53.1 Å². The number of methoxy groups -OCH3 is 2. The average molecular weight is 445 g/mol. The lowest BCUT2D eigenvalue weighted by Crippen LogP contribution is -2.04. The lowest BCUT2D eigenvalue weighted by Gasteiger charge is -2.05. The smallest absolute Gasteiger partial charge is 0.256 e. The molecule has 4 aromatic rings. The molecular formula is C24H20N4O3S. The minimum absolute atomic E-state index is 0.151. The Morgan fingerprint density at radius 2 is 1.84 bits per heavy atom. The molecule has 0 saturated heterocycles. The largest absolute Gasteiger partial charge is 0.497 e.